The van der Waals surface area contributed by atoms with Gasteiger partial charge in [-0.1, -0.05) is 12.1 Å². The van der Waals surface area contributed by atoms with Gasteiger partial charge in [-0.05, 0) is 31.0 Å². The smallest absolute Gasteiger partial charge is 0.123 e. The van der Waals surface area contributed by atoms with E-state index in [1.54, 1.807) is 19.1 Å². The predicted octanol–water partition coefficient (Wildman–Crippen LogP) is 2.07. The molecule has 1 N–H and O–H groups in total. The van der Waals surface area contributed by atoms with Crippen LogP contribution in [0.3, 0.4) is 0 Å². The second-order valence-corrected chi connectivity index (χ2v) is 4.21. The van der Waals surface area contributed by atoms with Crippen LogP contribution in [-0.4, -0.2) is 18.3 Å². The largest absolute Gasteiger partial charge is 0.385 e. The van der Waals surface area contributed by atoms with E-state index < -0.39 is 5.60 Å². The normalized spacial score (nSPS) is 25.1. The van der Waals surface area contributed by atoms with Gasteiger partial charge < -0.3 is 9.84 Å². The molecule has 2 atom stereocenters. The Balaban J connectivity index is 2.23. The number of aliphatic hydroxyl groups is 1. The average molecular weight is 210 g/mol. The van der Waals surface area contributed by atoms with E-state index in [4.69, 9.17) is 4.74 Å². The van der Waals surface area contributed by atoms with Crippen molar-refractivity contribution in [2.45, 2.75) is 18.9 Å². The van der Waals surface area contributed by atoms with Crippen LogP contribution in [0.25, 0.3) is 0 Å². The molecule has 0 bridgehead atoms. The SMILES string of the molecule is CC(O)(c1ccc(F)cc1)C1CCOC1. The van der Waals surface area contributed by atoms with E-state index in [1.165, 1.54) is 12.1 Å². The maximum absolute atomic E-state index is 12.7. The van der Waals surface area contributed by atoms with Crippen LogP contribution in [0, 0.1) is 11.7 Å². The second-order valence-electron chi connectivity index (χ2n) is 4.21. The van der Waals surface area contributed by atoms with Gasteiger partial charge in [-0.15, -0.1) is 0 Å². The lowest BCUT2D eigenvalue weighted by Crippen LogP contribution is -2.32. The molecule has 1 heterocycles. The summed E-state index contributed by atoms with van der Waals surface area (Å²) in [6, 6.07) is 6.01. The predicted molar refractivity (Wildman–Crippen MR) is 54.9 cm³/mol. The fraction of sp³-hybridized carbons (Fsp3) is 0.500. The van der Waals surface area contributed by atoms with E-state index in [0.717, 1.165) is 12.0 Å². The van der Waals surface area contributed by atoms with Crippen molar-refractivity contribution in [2.24, 2.45) is 5.92 Å². The van der Waals surface area contributed by atoms with Crippen LogP contribution < -0.4 is 0 Å². The lowest BCUT2D eigenvalue weighted by molar-refractivity contribution is -0.00975. The molecule has 1 aromatic rings. The molecule has 0 saturated carbocycles. The Bertz CT molecular complexity index is 326. The summed E-state index contributed by atoms with van der Waals surface area (Å²) in [5.41, 5.74) is -0.177. The van der Waals surface area contributed by atoms with Crippen LogP contribution in [0.15, 0.2) is 24.3 Å². The zero-order valence-electron chi connectivity index (χ0n) is 8.74. The highest BCUT2D eigenvalue weighted by Gasteiger charge is 2.36. The topological polar surface area (TPSA) is 29.5 Å². The molecule has 0 spiro atoms. The molecule has 2 rings (SSSR count). The maximum Gasteiger partial charge on any atom is 0.123 e. The number of halogens is 1. The van der Waals surface area contributed by atoms with Gasteiger partial charge in [-0.2, -0.15) is 0 Å². The molecular formula is C12H15FO2. The zero-order valence-corrected chi connectivity index (χ0v) is 8.74. The standard InChI is InChI=1S/C12H15FO2/c1-12(14,10-6-7-15-8-10)9-2-4-11(13)5-3-9/h2-5,10,14H,6-8H2,1H3. The zero-order chi connectivity index (χ0) is 10.9. The molecule has 1 aliphatic heterocycles. The molecule has 2 nitrogen and oxygen atoms in total. The van der Waals surface area contributed by atoms with Crippen molar-refractivity contribution in [1.82, 2.24) is 0 Å². The van der Waals surface area contributed by atoms with Crippen LogP contribution in [-0.2, 0) is 10.3 Å². The van der Waals surface area contributed by atoms with Gasteiger partial charge in [0.25, 0.3) is 0 Å². The van der Waals surface area contributed by atoms with Gasteiger partial charge in [-0.25, -0.2) is 4.39 Å². The van der Waals surface area contributed by atoms with Gasteiger partial charge in [0.1, 0.15) is 5.82 Å². The molecule has 82 valence electrons. The summed E-state index contributed by atoms with van der Waals surface area (Å²) < 4.78 is 18.0. The first kappa shape index (κ1) is 10.6. The van der Waals surface area contributed by atoms with E-state index in [0.29, 0.717) is 13.2 Å². The minimum atomic E-state index is -0.926. The molecule has 0 amide bonds. The number of rotatable bonds is 2. The van der Waals surface area contributed by atoms with Crippen molar-refractivity contribution in [1.29, 1.82) is 0 Å². The first-order valence-corrected chi connectivity index (χ1v) is 5.17. The average Bonchev–Trinajstić information content (AvgIpc) is 2.71. The third kappa shape index (κ3) is 2.03. The van der Waals surface area contributed by atoms with E-state index in [-0.39, 0.29) is 11.7 Å². The Morgan fingerprint density at radius 3 is 2.60 bits per heavy atom. The summed E-state index contributed by atoms with van der Waals surface area (Å²) >= 11 is 0. The Kier molecular flexibility index (Phi) is 2.76. The highest BCUT2D eigenvalue weighted by Crippen LogP contribution is 2.34. The first-order chi connectivity index (χ1) is 7.10. The molecule has 1 fully saturated rings. The minimum absolute atomic E-state index is 0.1000. The van der Waals surface area contributed by atoms with Gasteiger partial charge in [0, 0.05) is 12.5 Å². The molecule has 1 saturated heterocycles. The van der Waals surface area contributed by atoms with Crippen LogP contribution in [0.1, 0.15) is 18.9 Å². The van der Waals surface area contributed by atoms with Crippen molar-refractivity contribution in [3.05, 3.63) is 35.6 Å². The van der Waals surface area contributed by atoms with Crippen LogP contribution in [0.4, 0.5) is 4.39 Å². The van der Waals surface area contributed by atoms with Crippen LogP contribution in [0.2, 0.25) is 0 Å². The Hall–Kier alpha value is -0.930. The molecule has 15 heavy (non-hydrogen) atoms. The number of benzene rings is 1. The third-order valence-electron chi connectivity index (χ3n) is 3.15. The fourth-order valence-corrected chi connectivity index (χ4v) is 2.00. The maximum atomic E-state index is 12.7. The molecular weight excluding hydrogens is 195 g/mol. The molecule has 0 aromatic heterocycles. The first-order valence-electron chi connectivity index (χ1n) is 5.17. The van der Waals surface area contributed by atoms with E-state index >= 15 is 0 Å². The second kappa shape index (κ2) is 3.91. The summed E-state index contributed by atoms with van der Waals surface area (Å²) in [7, 11) is 0. The molecule has 1 aliphatic rings. The van der Waals surface area contributed by atoms with Crippen molar-refractivity contribution >= 4 is 0 Å². The van der Waals surface area contributed by atoms with Crippen molar-refractivity contribution in [2.75, 3.05) is 13.2 Å². The van der Waals surface area contributed by atoms with Crippen LogP contribution in [0.5, 0.6) is 0 Å². The van der Waals surface area contributed by atoms with Gasteiger partial charge >= 0.3 is 0 Å². The Morgan fingerprint density at radius 1 is 1.40 bits per heavy atom. The van der Waals surface area contributed by atoms with Gasteiger partial charge in [0.15, 0.2) is 0 Å². The van der Waals surface area contributed by atoms with Crippen molar-refractivity contribution in [3.8, 4) is 0 Å². The number of hydrogen-bond donors (Lipinski definition) is 1. The highest BCUT2D eigenvalue weighted by atomic mass is 19.1. The van der Waals surface area contributed by atoms with Crippen LogP contribution >= 0.6 is 0 Å². The summed E-state index contributed by atoms with van der Waals surface area (Å²) in [5.74, 6) is -0.180. The molecule has 2 unspecified atom stereocenters. The van der Waals surface area contributed by atoms with Crippen molar-refractivity contribution in [3.63, 3.8) is 0 Å². The molecule has 1 aromatic carbocycles. The van der Waals surface area contributed by atoms with E-state index in [9.17, 15) is 9.50 Å². The lowest BCUT2D eigenvalue weighted by Gasteiger charge is -2.29. The Labute approximate surface area is 88.7 Å². The summed E-state index contributed by atoms with van der Waals surface area (Å²) in [6.07, 6.45) is 0.852. The quantitative estimate of drug-likeness (QED) is 0.809. The Morgan fingerprint density at radius 2 is 2.07 bits per heavy atom. The summed E-state index contributed by atoms with van der Waals surface area (Å²) in [4.78, 5) is 0. The van der Waals surface area contributed by atoms with Gasteiger partial charge in [0.05, 0.1) is 12.2 Å². The summed E-state index contributed by atoms with van der Waals surface area (Å²) in [6.45, 7) is 3.03. The summed E-state index contributed by atoms with van der Waals surface area (Å²) in [5, 5.41) is 10.4. The van der Waals surface area contributed by atoms with Gasteiger partial charge in [0.2, 0.25) is 0 Å². The minimum Gasteiger partial charge on any atom is -0.385 e. The van der Waals surface area contributed by atoms with Gasteiger partial charge in [-0.3, -0.25) is 0 Å². The fourth-order valence-electron chi connectivity index (χ4n) is 2.00. The molecule has 3 heteroatoms. The highest BCUT2D eigenvalue weighted by molar-refractivity contribution is 5.23. The van der Waals surface area contributed by atoms with Crippen molar-refractivity contribution < 1.29 is 14.2 Å². The number of hydrogen-bond acceptors (Lipinski definition) is 2. The monoisotopic (exact) mass is 210 g/mol. The van der Waals surface area contributed by atoms with E-state index in [2.05, 4.69) is 0 Å². The van der Waals surface area contributed by atoms with E-state index in [1.807, 2.05) is 0 Å². The molecule has 0 aliphatic carbocycles. The third-order valence-corrected chi connectivity index (χ3v) is 3.15. The molecule has 0 radical (unpaired) electrons. The number of ether oxygens (including phenoxy) is 1. The lowest BCUT2D eigenvalue weighted by atomic mass is 9.82.